The molecular formula is C8H10ClO. The highest BCUT2D eigenvalue weighted by Crippen LogP contribution is 2.29. The molecule has 0 amide bonds. The van der Waals surface area contributed by atoms with Gasteiger partial charge in [0.05, 0.1) is 4.87 Å². The minimum absolute atomic E-state index is 0.723. The van der Waals surface area contributed by atoms with E-state index in [1.165, 1.54) is 0 Å². The van der Waals surface area contributed by atoms with Crippen LogP contribution in [0, 0.1) is 0 Å². The maximum atomic E-state index is 11.3. The molecule has 0 bridgehead atoms. The zero-order valence-electron chi connectivity index (χ0n) is 6.10. The van der Waals surface area contributed by atoms with Crippen molar-refractivity contribution < 1.29 is 5.11 Å². The molecule has 2 unspecified atom stereocenters. The van der Waals surface area contributed by atoms with Gasteiger partial charge in [-0.2, -0.15) is 0 Å². The van der Waals surface area contributed by atoms with E-state index in [1.807, 2.05) is 19.1 Å². The molecular weight excluding hydrogens is 148 g/mol. The number of allylic oxidation sites excluding steroid dienone is 2. The molecule has 10 heavy (non-hydrogen) atoms. The number of hydrogen-bond donors (Lipinski definition) is 0. The van der Waals surface area contributed by atoms with Crippen LogP contribution in [0.4, 0.5) is 0 Å². The Morgan fingerprint density at radius 1 is 1.70 bits per heavy atom. The third kappa shape index (κ3) is 1.25. The van der Waals surface area contributed by atoms with Crippen molar-refractivity contribution >= 4 is 11.6 Å². The van der Waals surface area contributed by atoms with Crippen molar-refractivity contribution in [1.29, 1.82) is 0 Å². The van der Waals surface area contributed by atoms with Gasteiger partial charge in [-0.15, -0.1) is 11.6 Å². The predicted molar refractivity (Wildman–Crippen MR) is 41.6 cm³/mol. The number of alkyl halides is 1. The van der Waals surface area contributed by atoms with E-state index in [2.05, 4.69) is 0 Å². The Balaban J connectivity index is 2.89. The summed E-state index contributed by atoms with van der Waals surface area (Å²) in [6.07, 6.45) is 4.58. The molecule has 0 N–H and O–H groups in total. The average Bonchev–Trinajstić information content (AvgIpc) is 1.83. The normalized spacial score (nSPS) is 39.6. The first-order valence-electron chi connectivity index (χ1n) is 3.25. The fourth-order valence-corrected chi connectivity index (χ4v) is 1.25. The molecule has 0 heterocycles. The zero-order chi connectivity index (χ0) is 7.78. The van der Waals surface area contributed by atoms with E-state index in [1.54, 1.807) is 13.0 Å². The van der Waals surface area contributed by atoms with Gasteiger partial charge in [-0.3, -0.25) is 0 Å². The Morgan fingerprint density at radius 3 is 2.70 bits per heavy atom. The van der Waals surface area contributed by atoms with Crippen molar-refractivity contribution in [3.05, 3.63) is 23.8 Å². The van der Waals surface area contributed by atoms with Gasteiger partial charge < -0.3 is 0 Å². The summed E-state index contributed by atoms with van der Waals surface area (Å²) in [6, 6.07) is 0. The smallest absolute Gasteiger partial charge is 0.136 e. The summed E-state index contributed by atoms with van der Waals surface area (Å²) >= 11 is 5.88. The molecule has 2 heteroatoms. The minimum Gasteiger partial charge on any atom is -0.226 e. The Kier molecular flexibility index (Phi) is 1.88. The van der Waals surface area contributed by atoms with Crippen LogP contribution in [0.5, 0.6) is 0 Å². The number of hydrogen-bond acceptors (Lipinski definition) is 0. The van der Waals surface area contributed by atoms with Crippen LogP contribution in [-0.4, -0.2) is 11.0 Å². The largest absolute Gasteiger partial charge is 0.226 e. The van der Waals surface area contributed by atoms with Crippen molar-refractivity contribution in [3.63, 3.8) is 0 Å². The monoisotopic (exact) mass is 157 g/mol. The van der Waals surface area contributed by atoms with Gasteiger partial charge in [0.2, 0.25) is 0 Å². The molecule has 0 aromatic heterocycles. The van der Waals surface area contributed by atoms with Gasteiger partial charge in [-0.1, -0.05) is 18.2 Å². The Labute approximate surface area is 66.0 Å². The quantitative estimate of drug-likeness (QED) is 0.481. The standard InChI is InChI=1S/C8H10ClO/c1-6-4-3-5-8(2,9)7(6)10/h3-5,7H,1-2H3. The van der Waals surface area contributed by atoms with Crippen LogP contribution in [0.1, 0.15) is 13.8 Å². The first kappa shape index (κ1) is 7.83. The predicted octanol–water partition coefficient (Wildman–Crippen LogP) is 2.30. The van der Waals surface area contributed by atoms with Crippen LogP contribution in [0.3, 0.4) is 0 Å². The lowest BCUT2D eigenvalue weighted by atomic mass is 9.93. The van der Waals surface area contributed by atoms with Gasteiger partial charge in [0.15, 0.2) is 0 Å². The van der Waals surface area contributed by atoms with Gasteiger partial charge in [-0.05, 0) is 19.4 Å². The van der Waals surface area contributed by atoms with Crippen LogP contribution >= 0.6 is 11.6 Å². The van der Waals surface area contributed by atoms with Crippen LogP contribution in [0.2, 0.25) is 0 Å². The van der Waals surface area contributed by atoms with Crippen molar-refractivity contribution in [2.75, 3.05) is 0 Å². The van der Waals surface area contributed by atoms with E-state index in [0.29, 0.717) is 0 Å². The molecule has 0 aromatic carbocycles. The zero-order valence-corrected chi connectivity index (χ0v) is 6.85. The molecule has 0 saturated carbocycles. The van der Waals surface area contributed by atoms with E-state index in [9.17, 15) is 5.11 Å². The average molecular weight is 158 g/mol. The highest BCUT2D eigenvalue weighted by Gasteiger charge is 2.31. The van der Waals surface area contributed by atoms with Crippen LogP contribution in [0.15, 0.2) is 23.8 Å². The summed E-state index contributed by atoms with van der Waals surface area (Å²) in [6.45, 7) is 3.54. The second-order valence-electron chi connectivity index (χ2n) is 2.80. The molecule has 0 aliphatic heterocycles. The van der Waals surface area contributed by atoms with Gasteiger partial charge in [0.1, 0.15) is 6.10 Å². The Morgan fingerprint density at radius 2 is 2.30 bits per heavy atom. The fraction of sp³-hybridized carbons (Fsp3) is 0.500. The summed E-state index contributed by atoms with van der Waals surface area (Å²) in [5.74, 6) is 0. The summed E-state index contributed by atoms with van der Waals surface area (Å²) in [5.41, 5.74) is 0.806. The first-order valence-corrected chi connectivity index (χ1v) is 3.62. The lowest BCUT2D eigenvalue weighted by Crippen LogP contribution is -2.32. The van der Waals surface area contributed by atoms with E-state index < -0.39 is 11.0 Å². The Bertz CT molecular complexity index is 191. The molecule has 1 aliphatic rings. The molecule has 0 fully saturated rings. The second-order valence-corrected chi connectivity index (χ2v) is 3.62. The molecule has 2 atom stereocenters. The highest BCUT2D eigenvalue weighted by atomic mass is 35.5. The highest BCUT2D eigenvalue weighted by molar-refractivity contribution is 6.25. The van der Waals surface area contributed by atoms with Crippen LogP contribution in [-0.2, 0) is 5.11 Å². The summed E-state index contributed by atoms with van der Waals surface area (Å²) in [5, 5.41) is 11.3. The summed E-state index contributed by atoms with van der Waals surface area (Å²) in [4.78, 5) is -0.723. The molecule has 1 aliphatic carbocycles. The first-order chi connectivity index (χ1) is 4.54. The molecule has 0 saturated heterocycles. The van der Waals surface area contributed by atoms with E-state index in [-0.39, 0.29) is 0 Å². The van der Waals surface area contributed by atoms with E-state index in [0.717, 1.165) is 5.57 Å². The molecule has 0 spiro atoms. The third-order valence-corrected chi connectivity index (χ3v) is 2.03. The van der Waals surface area contributed by atoms with Crippen molar-refractivity contribution in [2.45, 2.75) is 24.8 Å². The van der Waals surface area contributed by atoms with Gasteiger partial charge in [0, 0.05) is 0 Å². The SMILES string of the molecule is CC1=CC=CC(C)(Cl)C1[O]. The maximum Gasteiger partial charge on any atom is 0.136 e. The van der Waals surface area contributed by atoms with Crippen LogP contribution < -0.4 is 0 Å². The van der Waals surface area contributed by atoms with Crippen molar-refractivity contribution in [1.82, 2.24) is 0 Å². The summed E-state index contributed by atoms with van der Waals surface area (Å²) in [7, 11) is 0. The number of halogens is 1. The molecule has 1 radical (unpaired) electrons. The molecule has 0 aromatic rings. The topological polar surface area (TPSA) is 19.9 Å². The minimum atomic E-state index is -0.792. The van der Waals surface area contributed by atoms with Gasteiger partial charge in [-0.25, -0.2) is 5.11 Å². The van der Waals surface area contributed by atoms with E-state index >= 15 is 0 Å². The van der Waals surface area contributed by atoms with Crippen molar-refractivity contribution in [2.24, 2.45) is 0 Å². The fourth-order valence-electron chi connectivity index (χ4n) is 1.01. The molecule has 1 rings (SSSR count). The third-order valence-electron chi connectivity index (χ3n) is 1.71. The lowest BCUT2D eigenvalue weighted by molar-refractivity contribution is 0.0985. The van der Waals surface area contributed by atoms with Crippen molar-refractivity contribution in [3.8, 4) is 0 Å². The van der Waals surface area contributed by atoms with Gasteiger partial charge in [0.25, 0.3) is 0 Å². The van der Waals surface area contributed by atoms with Gasteiger partial charge >= 0.3 is 0 Å². The maximum absolute atomic E-state index is 11.3. The second kappa shape index (κ2) is 2.40. The number of rotatable bonds is 0. The molecule has 55 valence electrons. The van der Waals surface area contributed by atoms with E-state index in [4.69, 9.17) is 11.6 Å². The van der Waals surface area contributed by atoms with Crippen LogP contribution in [0.25, 0.3) is 0 Å². The lowest BCUT2D eigenvalue weighted by Gasteiger charge is -2.25. The summed E-state index contributed by atoms with van der Waals surface area (Å²) < 4.78 is 0. The Hall–Kier alpha value is -0.270. The molecule has 1 nitrogen and oxygen atoms in total.